The van der Waals surface area contributed by atoms with Gasteiger partial charge in [0.15, 0.2) is 11.5 Å². The van der Waals surface area contributed by atoms with Crippen LogP contribution in [0.4, 0.5) is 11.5 Å². The Morgan fingerprint density at radius 2 is 2.03 bits per heavy atom. The maximum atomic E-state index is 12.1. The van der Waals surface area contributed by atoms with Gasteiger partial charge in [-0.05, 0) is 50.1 Å². The largest absolute Gasteiger partial charge is 0.441 e. The molecular formula is C25H26N6O2. The minimum atomic E-state index is 0.0722. The number of fused-ring (bicyclic) bond motifs is 1. The summed E-state index contributed by atoms with van der Waals surface area (Å²) in [6.07, 6.45) is 5.40. The van der Waals surface area contributed by atoms with Crippen LogP contribution in [0.15, 0.2) is 53.2 Å². The first-order valence-corrected chi connectivity index (χ1v) is 11.2. The number of hydrogen-bond donors (Lipinski definition) is 1. The van der Waals surface area contributed by atoms with Gasteiger partial charge in [0.2, 0.25) is 5.91 Å². The van der Waals surface area contributed by atoms with Crippen LogP contribution in [0.3, 0.4) is 0 Å². The second-order valence-electron chi connectivity index (χ2n) is 8.57. The van der Waals surface area contributed by atoms with Crippen molar-refractivity contribution >= 4 is 28.5 Å². The van der Waals surface area contributed by atoms with Crippen LogP contribution >= 0.6 is 0 Å². The highest BCUT2D eigenvalue weighted by atomic mass is 16.3. The molecule has 8 heteroatoms. The second-order valence-corrected chi connectivity index (χ2v) is 8.57. The first kappa shape index (κ1) is 21.1. The van der Waals surface area contributed by atoms with Crippen LogP contribution in [0.1, 0.15) is 44.3 Å². The lowest BCUT2D eigenvalue weighted by Gasteiger charge is -2.37. The number of carbonyl (C=O) groups is 1. The maximum absolute atomic E-state index is 12.1. The molecule has 0 radical (unpaired) electrons. The first-order valence-electron chi connectivity index (χ1n) is 11.2. The van der Waals surface area contributed by atoms with Gasteiger partial charge in [0.05, 0.1) is 5.69 Å². The number of aryl methyl sites for hydroxylation is 1. The molecule has 1 amide bonds. The fourth-order valence-electron chi connectivity index (χ4n) is 4.40. The fraction of sp³-hybridized carbons (Fsp3) is 0.320. The number of pyridine rings is 1. The van der Waals surface area contributed by atoms with Crippen LogP contribution in [0.5, 0.6) is 0 Å². The number of piperidine rings is 1. The zero-order valence-electron chi connectivity index (χ0n) is 18.9. The van der Waals surface area contributed by atoms with Crippen molar-refractivity contribution in [3.05, 3.63) is 60.5 Å². The van der Waals surface area contributed by atoms with Crippen molar-refractivity contribution in [3.63, 3.8) is 0 Å². The highest BCUT2D eigenvalue weighted by Crippen LogP contribution is 2.31. The highest BCUT2D eigenvalue weighted by Gasteiger charge is 2.30. The van der Waals surface area contributed by atoms with Gasteiger partial charge in [-0.15, -0.1) is 0 Å². The summed E-state index contributed by atoms with van der Waals surface area (Å²) < 4.78 is 5.58. The van der Waals surface area contributed by atoms with Crippen LogP contribution in [0.25, 0.3) is 22.4 Å². The van der Waals surface area contributed by atoms with Gasteiger partial charge in [-0.2, -0.15) is 0 Å². The average molecular weight is 443 g/mol. The predicted molar refractivity (Wildman–Crippen MR) is 126 cm³/mol. The molecular weight excluding hydrogens is 416 g/mol. The summed E-state index contributed by atoms with van der Waals surface area (Å²) in [6, 6.07) is 11.8. The average Bonchev–Trinajstić information content (AvgIpc) is 3.19. The summed E-state index contributed by atoms with van der Waals surface area (Å²) in [4.78, 5) is 32.5. The van der Waals surface area contributed by atoms with Gasteiger partial charge in [-0.1, -0.05) is 0 Å². The molecule has 0 bridgehead atoms. The number of rotatable bonds is 4. The molecule has 1 fully saturated rings. The van der Waals surface area contributed by atoms with Gasteiger partial charge >= 0.3 is 0 Å². The van der Waals surface area contributed by atoms with E-state index in [1.165, 1.54) is 0 Å². The zero-order chi connectivity index (χ0) is 22.9. The molecule has 0 spiro atoms. The van der Waals surface area contributed by atoms with E-state index in [0.717, 1.165) is 46.7 Å². The van der Waals surface area contributed by atoms with Crippen LogP contribution < -0.4 is 5.32 Å². The number of oxazole rings is 1. The molecule has 0 saturated carbocycles. The Balaban J connectivity index is 1.52. The Labute approximate surface area is 192 Å². The summed E-state index contributed by atoms with van der Waals surface area (Å²) in [5.74, 6) is 2.21. The van der Waals surface area contributed by atoms with E-state index in [0.29, 0.717) is 18.3 Å². The van der Waals surface area contributed by atoms with Crippen molar-refractivity contribution in [1.82, 2.24) is 24.8 Å². The Hall–Kier alpha value is -3.81. The third kappa shape index (κ3) is 4.41. The van der Waals surface area contributed by atoms with E-state index in [4.69, 9.17) is 14.4 Å². The lowest BCUT2D eigenvalue weighted by Crippen LogP contribution is -2.44. The molecule has 0 unspecified atom stereocenters. The van der Waals surface area contributed by atoms with Crippen LogP contribution in [0, 0.1) is 6.92 Å². The molecule has 33 heavy (non-hydrogen) atoms. The normalized spacial score (nSPS) is 18.5. The molecule has 0 aliphatic carbocycles. The quantitative estimate of drug-likeness (QED) is 0.483. The summed E-state index contributed by atoms with van der Waals surface area (Å²) >= 11 is 0. The van der Waals surface area contributed by atoms with E-state index < -0.39 is 0 Å². The number of amides is 1. The van der Waals surface area contributed by atoms with Gasteiger partial charge in [0.1, 0.15) is 17.2 Å². The Morgan fingerprint density at radius 3 is 2.82 bits per heavy atom. The summed E-state index contributed by atoms with van der Waals surface area (Å²) in [7, 11) is 0. The molecule has 3 aromatic heterocycles. The van der Waals surface area contributed by atoms with Crippen molar-refractivity contribution in [2.24, 2.45) is 0 Å². The third-order valence-corrected chi connectivity index (χ3v) is 6.12. The Morgan fingerprint density at radius 1 is 1.15 bits per heavy atom. The van der Waals surface area contributed by atoms with E-state index in [1.54, 1.807) is 19.3 Å². The molecule has 168 valence electrons. The third-order valence-electron chi connectivity index (χ3n) is 6.12. The van der Waals surface area contributed by atoms with Crippen LogP contribution in [-0.2, 0) is 4.79 Å². The van der Waals surface area contributed by atoms with Gasteiger partial charge in [0, 0.05) is 62.1 Å². The number of nitrogens with zero attached hydrogens (tertiary/aromatic N) is 5. The number of hydrogen-bond acceptors (Lipinski definition) is 7. The van der Waals surface area contributed by atoms with E-state index >= 15 is 0 Å². The van der Waals surface area contributed by atoms with Crippen molar-refractivity contribution < 1.29 is 9.21 Å². The smallest absolute Gasteiger partial charge is 0.219 e. The maximum Gasteiger partial charge on any atom is 0.219 e. The molecule has 1 aliphatic rings. The van der Waals surface area contributed by atoms with Gasteiger partial charge in [-0.25, -0.2) is 15.0 Å². The molecule has 2 atom stereocenters. The molecule has 4 heterocycles. The summed E-state index contributed by atoms with van der Waals surface area (Å²) in [5, 5.41) is 3.40. The number of likely N-dealkylation sites (tertiary alicyclic amines) is 1. The minimum absolute atomic E-state index is 0.0722. The SMILES string of the molecule is CC(=O)N1C[C@H](c2nc(Nc3ccc4oc(C)nc4c3)cc(-c3cccnc3)n2)CC[C@@H]1C. The number of nitrogens with one attached hydrogen (secondary N) is 1. The van der Waals surface area contributed by atoms with E-state index in [2.05, 4.69) is 22.2 Å². The summed E-state index contributed by atoms with van der Waals surface area (Å²) in [6.45, 7) is 6.18. The molecule has 5 rings (SSSR count). The Kier molecular flexibility index (Phi) is 5.50. The number of carbonyl (C=O) groups excluding carboxylic acids is 1. The lowest BCUT2D eigenvalue weighted by atomic mass is 9.92. The van der Waals surface area contributed by atoms with Crippen molar-refractivity contribution in [3.8, 4) is 11.3 Å². The van der Waals surface area contributed by atoms with Crippen molar-refractivity contribution in [2.75, 3.05) is 11.9 Å². The summed E-state index contributed by atoms with van der Waals surface area (Å²) in [5.41, 5.74) is 4.11. The van der Waals surface area contributed by atoms with Crippen molar-refractivity contribution in [1.29, 1.82) is 0 Å². The van der Waals surface area contributed by atoms with Gasteiger partial charge < -0.3 is 14.6 Å². The van der Waals surface area contributed by atoms with Crippen molar-refractivity contribution in [2.45, 2.75) is 45.6 Å². The standard InChI is InChI=1S/C25H26N6O2/c1-15-6-7-19(14-31(15)17(3)32)25-29-21(18-5-4-10-26-13-18)12-24(30-25)28-20-8-9-23-22(11-20)27-16(2)33-23/h4-5,8-13,15,19H,6-7,14H2,1-3H3,(H,28,29,30)/t15-,19+/m0/s1. The minimum Gasteiger partial charge on any atom is -0.441 e. The number of anilines is 2. The number of benzene rings is 1. The fourth-order valence-corrected chi connectivity index (χ4v) is 4.40. The van der Waals surface area contributed by atoms with Crippen LogP contribution in [0.2, 0.25) is 0 Å². The molecule has 8 nitrogen and oxygen atoms in total. The highest BCUT2D eigenvalue weighted by molar-refractivity contribution is 5.79. The van der Waals surface area contributed by atoms with E-state index in [1.807, 2.05) is 48.2 Å². The second kappa shape index (κ2) is 8.61. The van der Waals surface area contributed by atoms with Crippen LogP contribution in [-0.4, -0.2) is 43.3 Å². The van der Waals surface area contributed by atoms with Gasteiger partial charge in [-0.3, -0.25) is 9.78 Å². The lowest BCUT2D eigenvalue weighted by molar-refractivity contribution is -0.132. The van der Waals surface area contributed by atoms with E-state index in [9.17, 15) is 4.79 Å². The van der Waals surface area contributed by atoms with E-state index in [-0.39, 0.29) is 17.9 Å². The molecule has 1 saturated heterocycles. The number of aromatic nitrogens is 4. The topological polar surface area (TPSA) is 97.0 Å². The molecule has 1 aromatic carbocycles. The molecule has 4 aromatic rings. The molecule has 1 aliphatic heterocycles. The molecule has 1 N–H and O–H groups in total. The first-order chi connectivity index (χ1) is 16.0. The predicted octanol–water partition coefficient (Wildman–Crippen LogP) is 4.85. The zero-order valence-corrected chi connectivity index (χ0v) is 18.9. The van der Waals surface area contributed by atoms with Gasteiger partial charge in [0.25, 0.3) is 0 Å². The Bertz CT molecular complexity index is 1300. The monoisotopic (exact) mass is 442 g/mol.